The minimum atomic E-state index is -1.25. The Balaban J connectivity index is 1.21. The number of carbonyl (C=O) groups is 3. The first-order chi connectivity index (χ1) is 20.3. The molecule has 3 aromatic rings. The fraction of sp³-hybridized carbons (Fsp3) is 0.441. The molecule has 1 aromatic heterocycles. The van der Waals surface area contributed by atoms with Crippen molar-refractivity contribution in [1.29, 1.82) is 0 Å². The van der Waals surface area contributed by atoms with Gasteiger partial charge >= 0.3 is 11.9 Å². The van der Waals surface area contributed by atoms with Gasteiger partial charge in [-0.25, -0.2) is 4.79 Å². The van der Waals surface area contributed by atoms with Crippen LogP contribution >= 0.6 is 0 Å². The number of carbonyl (C=O) groups excluding carboxylic acids is 3. The summed E-state index contributed by atoms with van der Waals surface area (Å²) >= 11 is 0. The van der Waals surface area contributed by atoms with Crippen molar-refractivity contribution in [2.24, 2.45) is 23.7 Å². The highest BCUT2D eigenvalue weighted by atomic mass is 16.5. The number of methoxy groups -OCH3 is 1. The fourth-order valence-corrected chi connectivity index (χ4v) is 7.64. The Morgan fingerprint density at radius 1 is 0.952 bits per heavy atom. The number of hydrogen-bond acceptors (Lipinski definition) is 6. The number of hydrogen-bond donors (Lipinski definition) is 3. The smallest absolute Gasteiger partial charge is 0.354 e. The van der Waals surface area contributed by atoms with Crippen molar-refractivity contribution in [2.45, 2.75) is 57.1 Å². The van der Waals surface area contributed by atoms with Crippen LogP contribution in [0.15, 0.2) is 66.5 Å². The SMILES string of the molecule is COC(=O)/C(=C\c1ccccc1)NC(=O)[C@@](C)(Cc1c[nH]c2ccccc12)NCC(=O)OC1C2CC3CC(C2)CC1C3. The summed E-state index contributed by atoms with van der Waals surface area (Å²) in [6, 6.07) is 17.1. The molecule has 2 aromatic carbocycles. The number of esters is 2. The van der Waals surface area contributed by atoms with Crippen LogP contribution in [0.2, 0.25) is 0 Å². The Kier molecular flexibility index (Phi) is 7.90. The summed E-state index contributed by atoms with van der Waals surface area (Å²) in [6.45, 7) is 1.63. The maximum absolute atomic E-state index is 14.0. The predicted octanol–water partition coefficient (Wildman–Crippen LogP) is 4.76. The highest BCUT2D eigenvalue weighted by Gasteiger charge is 2.50. The van der Waals surface area contributed by atoms with Crippen LogP contribution in [0.25, 0.3) is 17.0 Å². The van der Waals surface area contributed by atoms with Crippen molar-refractivity contribution in [2.75, 3.05) is 13.7 Å². The number of rotatable bonds is 10. The van der Waals surface area contributed by atoms with Gasteiger partial charge in [-0.3, -0.25) is 14.9 Å². The average molecular weight is 570 g/mol. The molecular weight excluding hydrogens is 530 g/mol. The molecule has 8 nitrogen and oxygen atoms in total. The molecule has 1 heterocycles. The van der Waals surface area contributed by atoms with Gasteiger partial charge in [0.1, 0.15) is 11.8 Å². The van der Waals surface area contributed by atoms with Crippen molar-refractivity contribution in [3.63, 3.8) is 0 Å². The molecule has 7 rings (SSSR count). The number of H-pyrrole nitrogens is 1. The fourth-order valence-electron chi connectivity index (χ4n) is 7.64. The number of aromatic nitrogens is 1. The Morgan fingerprint density at radius 3 is 2.31 bits per heavy atom. The first-order valence-electron chi connectivity index (χ1n) is 15.0. The lowest BCUT2D eigenvalue weighted by Crippen LogP contribution is -2.58. The van der Waals surface area contributed by atoms with Crippen LogP contribution in [-0.4, -0.2) is 48.1 Å². The van der Waals surface area contributed by atoms with E-state index in [4.69, 9.17) is 9.47 Å². The largest absolute Gasteiger partial charge is 0.464 e. The Hall–Kier alpha value is -3.91. The predicted molar refractivity (Wildman–Crippen MR) is 160 cm³/mol. The summed E-state index contributed by atoms with van der Waals surface area (Å²) < 4.78 is 11.1. The van der Waals surface area contributed by atoms with E-state index in [1.54, 1.807) is 13.0 Å². The molecule has 8 heteroatoms. The summed E-state index contributed by atoms with van der Waals surface area (Å²) in [5, 5.41) is 6.99. The quantitative estimate of drug-likeness (QED) is 0.240. The summed E-state index contributed by atoms with van der Waals surface area (Å²) in [6.07, 6.45) is 9.66. The molecule has 0 unspecified atom stereocenters. The number of fused-ring (bicyclic) bond motifs is 1. The molecule has 1 amide bonds. The van der Waals surface area contributed by atoms with Gasteiger partial charge < -0.3 is 19.8 Å². The van der Waals surface area contributed by atoms with Crippen molar-refractivity contribution in [3.05, 3.63) is 77.6 Å². The average Bonchev–Trinajstić information content (AvgIpc) is 3.39. The molecule has 4 saturated carbocycles. The van der Waals surface area contributed by atoms with Gasteiger partial charge in [-0.2, -0.15) is 0 Å². The van der Waals surface area contributed by atoms with Crippen LogP contribution in [0.3, 0.4) is 0 Å². The second-order valence-corrected chi connectivity index (χ2v) is 12.5. The van der Waals surface area contributed by atoms with Gasteiger partial charge in [0.2, 0.25) is 5.91 Å². The van der Waals surface area contributed by atoms with Crippen molar-refractivity contribution >= 4 is 34.8 Å². The molecule has 4 aliphatic rings. The summed E-state index contributed by atoms with van der Waals surface area (Å²) in [5.41, 5.74) is 1.37. The third kappa shape index (κ3) is 5.86. The highest BCUT2D eigenvalue weighted by molar-refractivity contribution is 6.00. The van der Waals surface area contributed by atoms with E-state index < -0.39 is 17.4 Å². The molecule has 0 radical (unpaired) electrons. The lowest BCUT2D eigenvalue weighted by molar-refractivity contribution is -0.170. The van der Waals surface area contributed by atoms with E-state index in [2.05, 4.69) is 15.6 Å². The highest BCUT2D eigenvalue weighted by Crippen LogP contribution is 2.54. The van der Waals surface area contributed by atoms with Crippen LogP contribution < -0.4 is 10.6 Å². The first-order valence-corrected chi connectivity index (χ1v) is 15.0. The zero-order valence-corrected chi connectivity index (χ0v) is 24.2. The van der Waals surface area contributed by atoms with Crippen LogP contribution in [-0.2, 0) is 30.3 Å². The molecule has 0 spiro atoms. The summed E-state index contributed by atoms with van der Waals surface area (Å²) in [4.78, 5) is 43.1. The van der Waals surface area contributed by atoms with E-state index in [0.717, 1.165) is 59.5 Å². The normalized spacial score (nSPS) is 26.0. The first kappa shape index (κ1) is 28.2. The second-order valence-electron chi connectivity index (χ2n) is 12.5. The summed E-state index contributed by atoms with van der Waals surface area (Å²) in [7, 11) is 1.27. The molecule has 3 N–H and O–H groups in total. The molecule has 4 aliphatic carbocycles. The third-order valence-electron chi connectivity index (χ3n) is 9.51. The second kappa shape index (κ2) is 11.8. The standard InChI is InChI=1S/C34H39N3O5/c1-34(18-26-19-35-28-11-7-6-10-27(26)28,33(40)37-29(32(39)41-2)17-21-8-4-3-5-9-21)36-20-30(38)42-31-24-13-22-12-23(15-24)16-25(31)14-22/h3-11,17,19,22-25,31,35-36H,12-16,18,20H2,1-2H3,(H,37,40)/b29-17+/t22?,23?,24?,25?,31?,34-/m1/s1. The monoisotopic (exact) mass is 569 g/mol. The van der Waals surface area contributed by atoms with E-state index in [0.29, 0.717) is 11.8 Å². The molecule has 0 saturated heterocycles. The maximum atomic E-state index is 14.0. The van der Waals surface area contributed by atoms with Crippen LogP contribution in [0.4, 0.5) is 0 Å². The van der Waals surface area contributed by atoms with E-state index in [1.807, 2.05) is 60.8 Å². The molecule has 0 aliphatic heterocycles. The van der Waals surface area contributed by atoms with E-state index >= 15 is 0 Å². The lowest BCUT2D eigenvalue weighted by atomic mass is 9.55. The molecule has 4 bridgehead atoms. The maximum Gasteiger partial charge on any atom is 0.354 e. The Bertz CT molecular complexity index is 1470. The molecule has 1 atom stereocenters. The number of ether oxygens (including phenoxy) is 2. The molecule has 42 heavy (non-hydrogen) atoms. The minimum absolute atomic E-state index is 0.0109. The van der Waals surface area contributed by atoms with Crippen LogP contribution in [0.5, 0.6) is 0 Å². The molecule has 4 fully saturated rings. The number of para-hydroxylation sites is 1. The van der Waals surface area contributed by atoms with Gasteiger partial charge in [-0.1, -0.05) is 48.5 Å². The van der Waals surface area contributed by atoms with Gasteiger partial charge in [0.15, 0.2) is 0 Å². The van der Waals surface area contributed by atoms with Gasteiger partial charge in [-0.05, 0) is 86.0 Å². The Morgan fingerprint density at radius 2 is 1.62 bits per heavy atom. The number of nitrogens with one attached hydrogen (secondary N) is 3. The van der Waals surface area contributed by atoms with Gasteiger partial charge in [0.05, 0.1) is 19.2 Å². The zero-order valence-electron chi connectivity index (χ0n) is 24.2. The number of aromatic amines is 1. The van der Waals surface area contributed by atoms with Crippen LogP contribution in [0.1, 0.15) is 50.2 Å². The number of benzene rings is 2. The van der Waals surface area contributed by atoms with Crippen LogP contribution in [0, 0.1) is 23.7 Å². The van der Waals surface area contributed by atoms with Gasteiger partial charge in [0.25, 0.3) is 0 Å². The van der Waals surface area contributed by atoms with E-state index in [9.17, 15) is 14.4 Å². The summed E-state index contributed by atoms with van der Waals surface area (Å²) in [5.74, 6) is 1.02. The van der Waals surface area contributed by atoms with Gasteiger partial charge in [0, 0.05) is 23.5 Å². The third-order valence-corrected chi connectivity index (χ3v) is 9.51. The number of amides is 1. The van der Waals surface area contributed by atoms with Gasteiger partial charge in [-0.15, -0.1) is 0 Å². The van der Waals surface area contributed by atoms with Crippen molar-refractivity contribution < 1.29 is 23.9 Å². The topological polar surface area (TPSA) is 110 Å². The lowest BCUT2D eigenvalue weighted by Gasteiger charge is -2.53. The van der Waals surface area contributed by atoms with Crippen molar-refractivity contribution in [1.82, 2.24) is 15.6 Å². The van der Waals surface area contributed by atoms with E-state index in [-0.39, 0.29) is 30.7 Å². The van der Waals surface area contributed by atoms with Crippen molar-refractivity contribution in [3.8, 4) is 0 Å². The zero-order chi connectivity index (χ0) is 29.3. The minimum Gasteiger partial charge on any atom is -0.464 e. The molecule has 220 valence electrons. The Labute approximate surface area is 246 Å². The van der Waals surface area contributed by atoms with E-state index in [1.165, 1.54) is 13.5 Å². The molecular formula is C34H39N3O5.